The summed E-state index contributed by atoms with van der Waals surface area (Å²) in [6.07, 6.45) is 3.62. The number of hydrogen-bond donors (Lipinski definition) is 0. The van der Waals surface area contributed by atoms with Crippen molar-refractivity contribution in [2.24, 2.45) is 5.92 Å². The fourth-order valence-corrected chi connectivity index (χ4v) is 3.67. The maximum Gasteiger partial charge on any atom is 0.228 e. The Hall–Kier alpha value is -1.43. The van der Waals surface area contributed by atoms with E-state index in [1.54, 1.807) is 0 Å². The number of nitrogens with zero attached hydrogens (tertiary/aromatic N) is 4. The normalized spacial score (nSPS) is 22.6. The number of hydrogen-bond acceptors (Lipinski definition) is 4. The summed E-state index contributed by atoms with van der Waals surface area (Å²) < 4.78 is 7.36. The summed E-state index contributed by atoms with van der Waals surface area (Å²) in [5.74, 6) is 2.12. The van der Waals surface area contributed by atoms with Gasteiger partial charge in [0.25, 0.3) is 0 Å². The molecule has 0 radical (unpaired) electrons. The highest BCUT2D eigenvalue weighted by atomic mass is 16.5. The predicted molar refractivity (Wildman–Crippen MR) is 82.4 cm³/mol. The summed E-state index contributed by atoms with van der Waals surface area (Å²) in [4.78, 5) is 19.6. The molecule has 6 heteroatoms. The number of carbonyl (C=O) groups excluding carboxylic acids is 1. The van der Waals surface area contributed by atoms with Gasteiger partial charge in [0.05, 0.1) is 12.5 Å². The molecule has 122 valence electrons. The molecule has 0 spiro atoms. The molecule has 0 aliphatic carbocycles. The molecular weight excluding hydrogens is 280 g/mol. The zero-order valence-electron chi connectivity index (χ0n) is 13.8. The van der Waals surface area contributed by atoms with Crippen LogP contribution in [-0.4, -0.2) is 50.9 Å². The smallest absolute Gasteiger partial charge is 0.228 e. The van der Waals surface area contributed by atoms with Crippen LogP contribution in [0.2, 0.25) is 0 Å². The van der Waals surface area contributed by atoms with Gasteiger partial charge in [-0.15, -0.1) is 0 Å². The van der Waals surface area contributed by atoms with Crippen LogP contribution < -0.4 is 0 Å². The monoisotopic (exact) mass is 306 g/mol. The third-order valence-electron chi connectivity index (χ3n) is 4.71. The third-order valence-corrected chi connectivity index (χ3v) is 4.71. The van der Waals surface area contributed by atoms with E-state index in [4.69, 9.17) is 4.74 Å². The Bertz CT molecular complexity index is 534. The molecule has 3 rings (SSSR count). The van der Waals surface area contributed by atoms with Crippen LogP contribution in [0.5, 0.6) is 0 Å². The highest BCUT2D eigenvalue weighted by Crippen LogP contribution is 2.25. The number of fused-ring (bicyclic) bond motifs is 1. The van der Waals surface area contributed by atoms with Crippen molar-refractivity contribution in [1.29, 1.82) is 0 Å². The Morgan fingerprint density at radius 2 is 2.05 bits per heavy atom. The van der Waals surface area contributed by atoms with Crippen molar-refractivity contribution in [3.05, 3.63) is 11.6 Å². The number of rotatable bonds is 3. The van der Waals surface area contributed by atoms with E-state index < -0.39 is 0 Å². The first-order valence-corrected chi connectivity index (χ1v) is 8.36. The second kappa shape index (κ2) is 6.36. The maximum atomic E-state index is 13.1. The number of aryl methyl sites for hydroxylation is 2. The van der Waals surface area contributed by atoms with E-state index in [0.717, 1.165) is 50.5 Å². The van der Waals surface area contributed by atoms with Crippen LogP contribution in [0.15, 0.2) is 0 Å². The molecule has 0 bridgehead atoms. The van der Waals surface area contributed by atoms with Gasteiger partial charge in [-0.1, -0.05) is 0 Å². The number of aromatic nitrogens is 3. The van der Waals surface area contributed by atoms with Crippen LogP contribution >= 0.6 is 0 Å². The first kappa shape index (κ1) is 15.5. The van der Waals surface area contributed by atoms with Gasteiger partial charge in [0, 0.05) is 31.7 Å². The Balaban J connectivity index is 1.73. The molecule has 1 amide bonds. The van der Waals surface area contributed by atoms with E-state index in [1.165, 1.54) is 0 Å². The van der Waals surface area contributed by atoms with E-state index >= 15 is 0 Å². The molecule has 0 aromatic carbocycles. The number of carbonyl (C=O) groups is 1. The molecule has 1 saturated heterocycles. The van der Waals surface area contributed by atoms with E-state index in [9.17, 15) is 4.79 Å². The van der Waals surface area contributed by atoms with Crippen LogP contribution in [0.1, 0.15) is 44.8 Å². The molecule has 0 saturated carbocycles. The lowest BCUT2D eigenvalue weighted by atomic mass is 9.95. The summed E-state index contributed by atoms with van der Waals surface area (Å²) in [5.41, 5.74) is 0. The Morgan fingerprint density at radius 1 is 1.32 bits per heavy atom. The molecule has 6 nitrogen and oxygen atoms in total. The molecule has 1 fully saturated rings. The second-order valence-corrected chi connectivity index (χ2v) is 6.68. The van der Waals surface area contributed by atoms with Crippen LogP contribution in [0.25, 0.3) is 0 Å². The van der Waals surface area contributed by atoms with Gasteiger partial charge < -0.3 is 9.64 Å². The molecule has 1 aromatic rings. The lowest BCUT2D eigenvalue weighted by Gasteiger charge is -2.40. The minimum atomic E-state index is 0.0267. The molecular formula is C16H26N4O2. The average molecular weight is 306 g/mol. The molecule has 1 atom stereocenters. The predicted octanol–water partition coefficient (Wildman–Crippen LogP) is 1.56. The van der Waals surface area contributed by atoms with Crippen molar-refractivity contribution < 1.29 is 9.53 Å². The summed E-state index contributed by atoms with van der Waals surface area (Å²) in [6, 6.07) is 0.551. The van der Waals surface area contributed by atoms with Crippen molar-refractivity contribution in [3.63, 3.8) is 0 Å². The summed E-state index contributed by atoms with van der Waals surface area (Å²) in [7, 11) is 0. The lowest BCUT2D eigenvalue weighted by Crippen LogP contribution is -2.50. The van der Waals surface area contributed by atoms with E-state index in [1.807, 2.05) is 11.6 Å². The van der Waals surface area contributed by atoms with Gasteiger partial charge in [0.2, 0.25) is 5.91 Å². The molecule has 0 N–H and O–H groups in total. The van der Waals surface area contributed by atoms with Crippen molar-refractivity contribution in [2.45, 2.75) is 65.1 Å². The Morgan fingerprint density at radius 3 is 2.73 bits per heavy atom. The first-order valence-electron chi connectivity index (χ1n) is 8.36. The van der Waals surface area contributed by atoms with Gasteiger partial charge in [-0.2, -0.15) is 5.10 Å². The van der Waals surface area contributed by atoms with Gasteiger partial charge in [-0.25, -0.2) is 9.67 Å². The van der Waals surface area contributed by atoms with Gasteiger partial charge in [0.15, 0.2) is 0 Å². The molecule has 3 heterocycles. The number of ether oxygens (including phenoxy) is 1. The van der Waals surface area contributed by atoms with Gasteiger partial charge in [-0.3, -0.25) is 4.79 Å². The average Bonchev–Trinajstić information content (AvgIpc) is 2.87. The van der Waals surface area contributed by atoms with Crippen molar-refractivity contribution in [2.75, 3.05) is 13.2 Å². The van der Waals surface area contributed by atoms with Crippen LogP contribution in [0, 0.1) is 12.8 Å². The Kier molecular flexibility index (Phi) is 4.47. The maximum absolute atomic E-state index is 13.1. The summed E-state index contributed by atoms with van der Waals surface area (Å²) >= 11 is 0. The SMILES string of the molecule is Cc1nc2n(n1)CC(C(=O)N(C(C)C)C1CCOCC1)CC2. The van der Waals surface area contributed by atoms with E-state index in [0.29, 0.717) is 12.6 Å². The fraction of sp³-hybridized carbons (Fsp3) is 0.812. The quantitative estimate of drug-likeness (QED) is 0.850. The van der Waals surface area contributed by atoms with Crippen molar-refractivity contribution in [3.8, 4) is 0 Å². The van der Waals surface area contributed by atoms with Crippen molar-refractivity contribution in [1.82, 2.24) is 19.7 Å². The molecule has 2 aliphatic heterocycles. The highest BCUT2D eigenvalue weighted by molar-refractivity contribution is 5.79. The van der Waals surface area contributed by atoms with Crippen LogP contribution in [0.4, 0.5) is 0 Å². The topological polar surface area (TPSA) is 60.2 Å². The van der Waals surface area contributed by atoms with Gasteiger partial charge in [-0.05, 0) is 40.0 Å². The zero-order valence-corrected chi connectivity index (χ0v) is 13.8. The molecule has 22 heavy (non-hydrogen) atoms. The van der Waals surface area contributed by atoms with Crippen molar-refractivity contribution >= 4 is 5.91 Å². The fourth-order valence-electron chi connectivity index (χ4n) is 3.67. The van der Waals surface area contributed by atoms with Crippen LogP contribution in [0.3, 0.4) is 0 Å². The zero-order chi connectivity index (χ0) is 15.7. The summed E-state index contributed by atoms with van der Waals surface area (Å²) in [6.45, 7) is 8.32. The summed E-state index contributed by atoms with van der Waals surface area (Å²) in [5, 5.41) is 4.42. The van der Waals surface area contributed by atoms with Gasteiger partial charge in [0.1, 0.15) is 11.6 Å². The Labute approximate surface area is 131 Å². The van der Waals surface area contributed by atoms with Gasteiger partial charge >= 0.3 is 0 Å². The lowest BCUT2D eigenvalue weighted by molar-refractivity contribution is -0.143. The third kappa shape index (κ3) is 3.02. The minimum absolute atomic E-state index is 0.0267. The van der Waals surface area contributed by atoms with Crippen LogP contribution in [-0.2, 0) is 22.5 Å². The minimum Gasteiger partial charge on any atom is -0.381 e. The molecule has 1 aromatic heterocycles. The molecule has 2 aliphatic rings. The highest BCUT2D eigenvalue weighted by Gasteiger charge is 2.34. The van der Waals surface area contributed by atoms with E-state index in [-0.39, 0.29) is 17.9 Å². The largest absolute Gasteiger partial charge is 0.381 e. The molecule has 1 unspecified atom stereocenters. The van der Waals surface area contributed by atoms with E-state index in [2.05, 4.69) is 28.8 Å². The standard InChI is InChI=1S/C16H26N4O2/c1-11(2)20(14-6-8-22-9-7-14)16(21)13-4-5-15-17-12(3)18-19(15)10-13/h11,13-14H,4-10H2,1-3H3. The number of amides is 1. The second-order valence-electron chi connectivity index (χ2n) is 6.68. The first-order chi connectivity index (χ1) is 10.6.